The van der Waals surface area contributed by atoms with Crippen molar-refractivity contribution in [1.82, 2.24) is 0 Å². The zero-order valence-corrected chi connectivity index (χ0v) is 23.0. The topological polar surface area (TPSA) is 84.5 Å². The largest absolute Gasteiger partial charge is 0.465 e. The molecule has 6 nitrogen and oxygen atoms in total. The van der Waals surface area contributed by atoms with Crippen molar-refractivity contribution in [2.24, 2.45) is 11.8 Å². The minimum atomic E-state index is -0.389. The Morgan fingerprint density at radius 3 is 2.64 bits per heavy atom. The smallest absolute Gasteiger partial charge is 0.341 e. The molecule has 4 rings (SSSR count). The third-order valence-electron chi connectivity index (χ3n) is 7.16. The molecular weight excluding hydrogens is 492 g/mol. The molecule has 194 valence electrons. The van der Waals surface area contributed by atoms with Gasteiger partial charge in [0.2, 0.25) is 11.8 Å². The Bertz CT molecular complexity index is 1110. The quantitative estimate of drug-likeness (QED) is 0.295. The average molecular weight is 529 g/mol. The lowest BCUT2D eigenvalue weighted by Gasteiger charge is -2.21. The second-order valence-electron chi connectivity index (χ2n) is 9.90. The van der Waals surface area contributed by atoms with Gasteiger partial charge >= 0.3 is 5.97 Å². The number of thioether (sulfide) groups is 1. The summed E-state index contributed by atoms with van der Waals surface area (Å²) in [7, 11) is 1.38. The van der Waals surface area contributed by atoms with Crippen LogP contribution in [0.25, 0.3) is 0 Å². The van der Waals surface area contributed by atoms with Gasteiger partial charge < -0.3 is 15.4 Å². The van der Waals surface area contributed by atoms with Crippen molar-refractivity contribution in [3.8, 4) is 0 Å². The maximum atomic E-state index is 13.3. The van der Waals surface area contributed by atoms with Gasteiger partial charge in [-0.15, -0.1) is 23.1 Å². The molecule has 0 aliphatic heterocycles. The Balaban J connectivity index is 1.45. The number of nitrogens with one attached hydrogen (secondary N) is 2. The number of benzene rings is 1. The summed E-state index contributed by atoms with van der Waals surface area (Å²) < 4.78 is 5.06. The monoisotopic (exact) mass is 528 g/mol. The molecule has 0 bridgehead atoms. The molecule has 2 aromatic rings. The highest BCUT2D eigenvalue weighted by Gasteiger charge is 2.30. The fraction of sp³-hybridized carbons (Fsp3) is 0.536. The minimum absolute atomic E-state index is 0.0906. The van der Waals surface area contributed by atoms with Crippen LogP contribution in [0.2, 0.25) is 0 Å². The number of esters is 1. The number of rotatable bonds is 8. The lowest BCUT2D eigenvalue weighted by atomic mass is 9.88. The standard InChI is InChI=1S/C28H36N2O4S2/c1-4-22(35-20-12-8-11-19(16-20)29-25(31)18-9-6-5-7-10-18)26(32)30-27-24(28(33)34-3)21-14-13-17(2)15-23(21)36-27/h8,11-12,16-18,22H,4-7,9-10,13-15H2,1-3H3,(H,29,31)(H,30,32). The highest BCUT2D eigenvalue weighted by molar-refractivity contribution is 8.00. The number of carbonyl (C=O) groups is 3. The van der Waals surface area contributed by atoms with Crippen LogP contribution in [0.4, 0.5) is 10.7 Å². The molecule has 8 heteroatoms. The van der Waals surface area contributed by atoms with E-state index in [4.69, 9.17) is 4.74 Å². The van der Waals surface area contributed by atoms with Crippen molar-refractivity contribution < 1.29 is 19.1 Å². The maximum Gasteiger partial charge on any atom is 0.341 e. The van der Waals surface area contributed by atoms with Gasteiger partial charge in [0.1, 0.15) is 5.00 Å². The molecule has 2 aliphatic rings. The molecule has 1 saturated carbocycles. The van der Waals surface area contributed by atoms with E-state index in [9.17, 15) is 14.4 Å². The van der Waals surface area contributed by atoms with Gasteiger partial charge in [-0.1, -0.05) is 39.2 Å². The Hall–Kier alpha value is -2.32. The summed E-state index contributed by atoms with van der Waals surface area (Å²) in [6, 6.07) is 7.70. The summed E-state index contributed by atoms with van der Waals surface area (Å²) in [6.45, 7) is 4.20. The van der Waals surface area contributed by atoms with Crippen molar-refractivity contribution in [3.05, 3.63) is 40.3 Å². The van der Waals surface area contributed by atoms with Gasteiger partial charge in [0.25, 0.3) is 0 Å². The van der Waals surface area contributed by atoms with E-state index in [-0.39, 0.29) is 29.0 Å². The van der Waals surface area contributed by atoms with Crippen LogP contribution in [0, 0.1) is 11.8 Å². The number of thiophene rings is 1. The molecule has 0 spiro atoms. The molecule has 2 amide bonds. The molecule has 2 unspecified atom stereocenters. The van der Waals surface area contributed by atoms with E-state index in [0.29, 0.717) is 22.9 Å². The summed E-state index contributed by atoms with van der Waals surface area (Å²) >= 11 is 2.98. The number of carbonyl (C=O) groups excluding carboxylic acids is 3. The number of hydrogen-bond donors (Lipinski definition) is 2. The van der Waals surface area contributed by atoms with E-state index >= 15 is 0 Å². The Morgan fingerprint density at radius 1 is 1.14 bits per heavy atom. The number of hydrogen-bond acceptors (Lipinski definition) is 6. The Labute approximate surface area is 222 Å². The van der Waals surface area contributed by atoms with E-state index in [2.05, 4.69) is 17.6 Å². The van der Waals surface area contributed by atoms with Gasteiger partial charge in [-0.2, -0.15) is 0 Å². The van der Waals surface area contributed by atoms with E-state index in [1.54, 1.807) is 0 Å². The summed E-state index contributed by atoms with van der Waals surface area (Å²) in [6.07, 6.45) is 8.77. The van der Waals surface area contributed by atoms with Crippen LogP contribution < -0.4 is 10.6 Å². The third kappa shape index (κ3) is 6.32. The number of amides is 2. The average Bonchev–Trinajstić information content (AvgIpc) is 3.24. The number of methoxy groups -OCH3 is 1. The van der Waals surface area contributed by atoms with Gasteiger partial charge in [0.15, 0.2) is 0 Å². The molecule has 2 N–H and O–H groups in total. The van der Waals surface area contributed by atoms with E-state index in [1.165, 1.54) is 41.5 Å². The second-order valence-corrected chi connectivity index (χ2v) is 12.3. The van der Waals surface area contributed by atoms with Crippen LogP contribution in [-0.4, -0.2) is 30.1 Å². The van der Waals surface area contributed by atoms with Crippen LogP contribution in [-0.2, 0) is 27.2 Å². The number of fused-ring (bicyclic) bond motifs is 1. The van der Waals surface area contributed by atoms with Crippen LogP contribution in [0.5, 0.6) is 0 Å². The molecule has 1 heterocycles. The lowest BCUT2D eigenvalue weighted by molar-refractivity contribution is -0.120. The normalized spacial score (nSPS) is 18.7. The molecule has 0 radical (unpaired) electrons. The summed E-state index contributed by atoms with van der Waals surface area (Å²) in [5.41, 5.74) is 2.31. The molecule has 1 aromatic carbocycles. The van der Waals surface area contributed by atoms with Crippen molar-refractivity contribution >= 4 is 51.6 Å². The Kier molecular flexibility index (Phi) is 9.12. The Morgan fingerprint density at radius 2 is 1.92 bits per heavy atom. The first-order chi connectivity index (χ1) is 17.4. The molecule has 36 heavy (non-hydrogen) atoms. The van der Waals surface area contributed by atoms with Crippen LogP contribution in [0.1, 0.15) is 79.6 Å². The zero-order chi connectivity index (χ0) is 25.7. The molecule has 0 saturated heterocycles. The fourth-order valence-corrected chi connectivity index (χ4v) is 7.51. The fourth-order valence-electron chi connectivity index (χ4n) is 5.09. The van der Waals surface area contributed by atoms with Crippen LogP contribution in [0.3, 0.4) is 0 Å². The van der Waals surface area contributed by atoms with Crippen molar-refractivity contribution in [1.29, 1.82) is 0 Å². The van der Waals surface area contributed by atoms with Crippen molar-refractivity contribution in [3.63, 3.8) is 0 Å². The zero-order valence-electron chi connectivity index (χ0n) is 21.4. The van der Waals surface area contributed by atoms with Crippen LogP contribution >= 0.6 is 23.1 Å². The molecule has 1 aromatic heterocycles. The number of anilines is 2. The van der Waals surface area contributed by atoms with Gasteiger partial charge in [-0.3, -0.25) is 9.59 Å². The molecular formula is C28H36N2O4S2. The summed E-state index contributed by atoms with van der Waals surface area (Å²) in [5.74, 6) is 0.228. The predicted octanol–water partition coefficient (Wildman–Crippen LogP) is 6.69. The number of ether oxygens (including phenoxy) is 1. The summed E-state index contributed by atoms with van der Waals surface area (Å²) in [4.78, 5) is 40.7. The predicted molar refractivity (Wildman–Crippen MR) is 147 cm³/mol. The van der Waals surface area contributed by atoms with Gasteiger partial charge in [0.05, 0.1) is 17.9 Å². The first kappa shape index (κ1) is 26.7. The van der Waals surface area contributed by atoms with E-state index in [1.807, 2.05) is 31.2 Å². The highest BCUT2D eigenvalue weighted by Crippen LogP contribution is 2.40. The molecule has 1 fully saturated rings. The first-order valence-electron chi connectivity index (χ1n) is 13.0. The van der Waals surface area contributed by atoms with Crippen molar-refractivity contribution in [2.45, 2.75) is 81.8 Å². The minimum Gasteiger partial charge on any atom is -0.465 e. The first-order valence-corrected chi connectivity index (χ1v) is 14.7. The maximum absolute atomic E-state index is 13.3. The van der Waals surface area contributed by atoms with E-state index < -0.39 is 0 Å². The SMILES string of the molecule is CCC(Sc1cccc(NC(=O)C2CCCCC2)c1)C(=O)Nc1sc2c(c1C(=O)OC)CCC(C)C2. The molecule has 2 aliphatic carbocycles. The van der Waals surface area contributed by atoms with Gasteiger partial charge in [-0.05, 0) is 68.2 Å². The summed E-state index contributed by atoms with van der Waals surface area (Å²) in [5, 5.41) is 6.38. The van der Waals surface area contributed by atoms with Gasteiger partial charge in [-0.25, -0.2) is 4.79 Å². The van der Waals surface area contributed by atoms with Crippen molar-refractivity contribution in [2.75, 3.05) is 17.7 Å². The van der Waals surface area contributed by atoms with Crippen LogP contribution in [0.15, 0.2) is 29.2 Å². The third-order valence-corrected chi connectivity index (χ3v) is 9.68. The van der Waals surface area contributed by atoms with Gasteiger partial charge in [0, 0.05) is 21.4 Å². The second kappa shape index (κ2) is 12.3. The lowest BCUT2D eigenvalue weighted by Crippen LogP contribution is -2.25. The van der Waals surface area contributed by atoms with E-state index in [0.717, 1.165) is 61.1 Å². The molecule has 2 atom stereocenters. The highest BCUT2D eigenvalue weighted by atomic mass is 32.2.